The van der Waals surface area contributed by atoms with Crippen LogP contribution in [0.1, 0.15) is 66.7 Å². The summed E-state index contributed by atoms with van der Waals surface area (Å²) in [6, 6.07) is 0.276. The van der Waals surface area contributed by atoms with Gasteiger partial charge in [0.2, 0.25) is 5.91 Å². The molecule has 0 bridgehead atoms. The Hall–Kier alpha value is -1.26. The number of carbonyl (C=O) groups is 2. The predicted molar refractivity (Wildman–Crippen MR) is 94.6 cm³/mol. The summed E-state index contributed by atoms with van der Waals surface area (Å²) < 4.78 is 5.44. The van der Waals surface area contributed by atoms with E-state index in [0.717, 1.165) is 19.3 Å². The van der Waals surface area contributed by atoms with E-state index in [1.54, 1.807) is 4.90 Å². The van der Waals surface area contributed by atoms with Gasteiger partial charge in [-0.05, 0) is 51.9 Å². The van der Waals surface area contributed by atoms with Gasteiger partial charge in [-0.25, -0.2) is 4.79 Å². The largest absolute Gasteiger partial charge is 0.444 e. The van der Waals surface area contributed by atoms with E-state index in [9.17, 15) is 9.59 Å². The minimum Gasteiger partial charge on any atom is -0.444 e. The van der Waals surface area contributed by atoms with Crippen molar-refractivity contribution >= 4 is 12.0 Å². The number of nitrogens with zero attached hydrogens (tertiary/aromatic N) is 1. The quantitative estimate of drug-likeness (QED) is 0.837. The van der Waals surface area contributed by atoms with Crippen LogP contribution in [0, 0.1) is 17.8 Å². The van der Waals surface area contributed by atoms with E-state index in [1.165, 1.54) is 12.8 Å². The highest BCUT2D eigenvalue weighted by atomic mass is 16.6. The normalized spacial score (nSPS) is 31.5. The topological polar surface area (TPSA) is 58.6 Å². The van der Waals surface area contributed by atoms with E-state index in [4.69, 9.17) is 4.74 Å². The number of carbonyl (C=O) groups excluding carboxylic acids is 2. The summed E-state index contributed by atoms with van der Waals surface area (Å²) in [4.78, 5) is 26.6. The van der Waals surface area contributed by atoms with Crippen LogP contribution >= 0.6 is 0 Å². The van der Waals surface area contributed by atoms with E-state index >= 15 is 0 Å². The fourth-order valence-corrected chi connectivity index (χ4v) is 3.77. The Morgan fingerprint density at radius 1 is 1.08 bits per heavy atom. The van der Waals surface area contributed by atoms with E-state index in [0.29, 0.717) is 24.9 Å². The predicted octanol–water partition coefficient (Wildman–Crippen LogP) is 3.57. The molecule has 1 aliphatic carbocycles. The van der Waals surface area contributed by atoms with Gasteiger partial charge >= 0.3 is 6.09 Å². The molecule has 1 aliphatic heterocycles. The Bertz CT molecular complexity index is 458. The summed E-state index contributed by atoms with van der Waals surface area (Å²) in [5.41, 5.74) is -0.500. The molecular weight excluding hydrogens is 304 g/mol. The van der Waals surface area contributed by atoms with Crippen LogP contribution in [0.15, 0.2) is 0 Å². The third-order valence-corrected chi connectivity index (χ3v) is 5.48. The summed E-state index contributed by atoms with van der Waals surface area (Å²) in [6.07, 6.45) is 4.91. The van der Waals surface area contributed by atoms with Crippen molar-refractivity contribution in [2.45, 2.75) is 78.4 Å². The number of hydrogen-bond acceptors (Lipinski definition) is 3. The molecule has 0 aromatic rings. The SMILES string of the molecule is C[C@@H]1[C@H](C)CCC[C@@H]1NC(=O)[C@H]1CCCN(C(=O)OC(C)(C)C)C1. The highest BCUT2D eigenvalue weighted by molar-refractivity contribution is 5.80. The molecule has 138 valence electrons. The molecule has 2 aliphatic rings. The molecule has 2 fully saturated rings. The Balaban J connectivity index is 1.89. The summed E-state index contributed by atoms with van der Waals surface area (Å²) in [7, 11) is 0. The van der Waals surface area contributed by atoms with Crippen molar-refractivity contribution in [3.63, 3.8) is 0 Å². The van der Waals surface area contributed by atoms with Gasteiger partial charge in [0.05, 0.1) is 5.92 Å². The zero-order valence-corrected chi connectivity index (χ0v) is 15.9. The number of likely N-dealkylation sites (tertiary alicyclic amines) is 1. The fraction of sp³-hybridized carbons (Fsp3) is 0.895. The van der Waals surface area contributed by atoms with Crippen LogP contribution in [0.3, 0.4) is 0 Å². The van der Waals surface area contributed by atoms with Crippen molar-refractivity contribution < 1.29 is 14.3 Å². The van der Waals surface area contributed by atoms with Gasteiger partial charge in [-0.15, -0.1) is 0 Å². The van der Waals surface area contributed by atoms with Crippen molar-refractivity contribution in [2.75, 3.05) is 13.1 Å². The second-order valence-corrected chi connectivity index (χ2v) is 8.65. The molecule has 1 saturated carbocycles. The lowest BCUT2D eigenvalue weighted by Gasteiger charge is -2.37. The summed E-state index contributed by atoms with van der Waals surface area (Å²) in [5, 5.41) is 3.26. The van der Waals surface area contributed by atoms with Crippen molar-refractivity contribution in [1.29, 1.82) is 0 Å². The number of amides is 2. The molecule has 0 radical (unpaired) electrons. The summed E-state index contributed by atoms with van der Waals surface area (Å²) in [6.45, 7) is 11.3. The minimum atomic E-state index is -0.500. The number of ether oxygens (including phenoxy) is 1. The van der Waals surface area contributed by atoms with Gasteiger partial charge < -0.3 is 15.0 Å². The average Bonchev–Trinajstić information content (AvgIpc) is 2.50. The summed E-state index contributed by atoms with van der Waals surface area (Å²) >= 11 is 0. The molecule has 24 heavy (non-hydrogen) atoms. The summed E-state index contributed by atoms with van der Waals surface area (Å²) in [5.74, 6) is 1.17. The molecule has 1 heterocycles. The molecule has 0 aromatic carbocycles. The molecule has 1 N–H and O–H groups in total. The van der Waals surface area contributed by atoms with Gasteiger partial charge in [0.1, 0.15) is 5.60 Å². The van der Waals surface area contributed by atoms with Gasteiger partial charge in [0, 0.05) is 19.1 Å². The maximum absolute atomic E-state index is 12.7. The maximum Gasteiger partial charge on any atom is 0.410 e. The van der Waals surface area contributed by atoms with Gasteiger partial charge in [-0.1, -0.05) is 26.7 Å². The van der Waals surface area contributed by atoms with Crippen LogP contribution in [-0.2, 0) is 9.53 Å². The first-order valence-electron chi connectivity index (χ1n) is 9.45. The zero-order valence-electron chi connectivity index (χ0n) is 15.9. The fourth-order valence-electron chi connectivity index (χ4n) is 3.77. The number of rotatable bonds is 2. The monoisotopic (exact) mass is 338 g/mol. The first-order valence-corrected chi connectivity index (χ1v) is 9.45. The smallest absolute Gasteiger partial charge is 0.410 e. The van der Waals surface area contributed by atoms with Crippen LogP contribution in [-0.4, -0.2) is 41.6 Å². The number of nitrogens with one attached hydrogen (secondary N) is 1. The number of piperidine rings is 1. The van der Waals surface area contributed by atoms with E-state index in [-0.39, 0.29) is 24.0 Å². The molecule has 0 aromatic heterocycles. The first-order chi connectivity index (χ1) is 11.2. The molecule has 4 atom stereocenters. The van der Waals surface area contributed by atoms with Crippen molar-refractivity contribution in [3.05, 3.63) is 0 Å². The molecule has 0 unspecified atom stereocenters. The third-order valence-electron chi connectivity index (χ3n) is 5.48. The molecular formula is C19H34N2O3. The molecule has 1 saturated heterocycles. The van der Waals surface area contributed by atoms with Gasteiger partial charge in [-0.3, -0.25) is 4.79 Å². The van der Waals surface area contributed by atoms with Gasteiger partial charge in [-0.2, -0.15) is 0 Å². The van der Waals surface area contributed by atoms with Crippen LogP contribution in [0.25, 0.3) is 0 Å². The third kappa shape index (κ3) is 5.12. The van der Waals surface area contributed by atoms with Gasteiger partial charge in [0.25, 0.3) is 0 Å². The van der Waals surface area contributed by atoms with E-state index < -0.39 is 5.60 Å². The van der Waals surface area contributed by atoms with Crippen molar-refractivity contribution in [3.8, 4) is 0 Å². The van der Waals surface area contributed by atoms with Gasteiger partial charge in [0.15, 0.2) is 0 Å². The average molecular weight is 338 g/mol. The Labute approximate surface area is 146 Å². The lowest BCUT2D eigenvalue weighted by Crippen LogP contribution is -2.50. The number of hydrogen-bond donors (Lipinski definition) is 1. The second kappa shape index (κ2) is 7.75. The maximum atomic E-state index is 12.7. The minimum absolute atomic E-state index is 0.106. The van der Waals surface area contributed by atoms with E-state index in [2.05, 4.69) is 19.2 Å². The highest BCUT2D eigenvalue weighted by Gasteiger charge is 2.34. The molecule has 2 amide bonds. The standard InChI is InChI=1S/C19H34N2O3/c1-13-8-6-10-16(14(13)2)20-17(22)15-9-7-11-21(12-15)18(23)24-19(3,4)5/h13-16H,6-12H2,1-5H3,(H,20,22)/t13-,14-,15+,16+/m1/s1. The zero-order chi connectivity index (χ0) is 17.9. The van der Waals surface area contributed by atoms with E-state index in [1.807, 2.05) is 20.8 Å². The lowest BCUT2D eigenvalue weighted by molar-refractivity contribution is -0.128. The van der Waals surface area contributed by atoms with Crippen LogP contribution in [0.4, 0.5) is 4.79 Å². The molecule has 0 spiro atoms. The van der Waals surface area contributed by atoms with Crippen molar-refractivity contribution in [1.82, 2.24) is 10.2 Å². The molecule has 2 rings (SSSR count). The first kappa shape index (κ1) is 19.1. The Kier molecular flexibility index (Phi) is 6.16. The lowest BCUT2D eigenvalue weighted by atomic mass is 9.78. The Morgan fingerprint density at radius 2 is 1.79 bits per heavy atom. The van der Waals surface area contributed by atoms with Crippen LogP contribution in [0.5, 0.6) is 0 Å². The second-order valence-electron chi connectivity index (χ2n) is 8.65. The van der Waals surface area contributed by atoms with Crippen LogP contribution < -0.4 is 5.32 Å². The molecule has 5 nitrogen and oxygen atoms in total. The Morgan fingerprint density at radius 3 is 2.46 bits per heavy atom. The van der Waals surface area contributed by atoms with Crippen LogP contribution in [0.2, 0.25) is 0 Å². The van der Waals surface area contributed by atoms with Crippen molar-refractivity contribution in [2.24, 2.45) is 17.8 Å². The highest BCUT2D eigenvalue weighted by Crippen LogP contribution is 2.30. The molecule has 5 heteroatoms.